The van der Waals surface area contributed by atoms with E-state index in [0.717, 1.165) is 0 Å². The molecule has 0 aromatic carbocycles. The Balaban J connectivity index is 5.35. The van der Waals surface area contributed by atoms with E-state index in [4.69, 9.17) is 9.11 Å². The molecular formula is C10H19NO7S2. The SMILES string of the molecule is CCCC(=CS(=O)(=O)O)C(=O)NC(C(C)C)S(=O)(=O)O. The molecule has 118 valence electrons. The molecule has 20 heavy (non-hydrogen) atoms. The van der Waals surface area contributed by atoms with Gasteiger partial charge in [0.2, 0.25) is 5.91 Å². The highest BCUT2D eigenvalue weighted by atomic mass is 32.2. The summed E-state index contributed by atoms with van der Waals surface area (Å²) in [6.45, 7) is 4.60. The number of hydrogen-bond donors (Lipinski definition) is 3. The maximum Gasteiger partial charge on any atom is 0.288 e. The zero-order chi connectivity index (χ0) is 16.1. The van der Waals surface area contributed by atoms with E-state index in [1.165, 1.54) is 13.8 Å². The largest absolute Gasteiger partial charge is 0.334 e. The molecule has 0 aliphatic heterocycles. The van der Waals surface area contributed by atoms with Crippen LogP contribution in [0, 0.1) is 5.92 Å². The fourth-order valence-corrected chi connectivity index (χ4v) is 3.01. The molecule has 1 unspecified atom stereocenters. The van der Waals surface area contributed by atoms with Crippen LogP contribution in [0.3, 0.4) is 0 Å². The third-order valence-electron chi connectivity index (χ3n) is 2.30. The maximum atomic E-state index is 11.8. The second kappa shape index (κ2) is 7.16. The molecule has 10 heteroatoms. The summed E-state index contributed by atoms with van der Waals surface area (Å²) in [5.74, 6) is -1.59. The Morgan fingerprint density at radius 3 is 2.00 bits per heavy atom. The van der Waals surface area contributed by atoms with Crippen molar-refractivity contribution >= 4 is 26.1 Å². The van der Waals surface area contributed by atoms with E-state index < -0.39 is 37.4 Å². The van der Waals surface area contributed by atoms with E-state index >= 15 is 0 Å². The summed E-state index contributed by atoms with van der Waals surface area (Å²) in [4.78, 5) is 11.8. The Morgan fingerprint density at radius 1 is 1.20 bits per heavy atom. The molecule has 0 aromatic heterocycles. The van der Waals surface area contributed by atoms with Gasteiger partial charge < -0.3 is 5.32 Å². The molecule has 0 saturated heterocycles. The van der Waals surface area contributed by atoms with Crippen molar-refractivity contribution in [1.82, 2.24) is 5.32 Å². The molecule has 1 amide bonds. The Bertz CT molecular complexity index is 575. The van der Waals surface area contributed by atoms with Crippen molar-refractivity contribution in [3.05, 3.63) is 11.0 Å². The van der Waals surface area contributed by atoms with Crippen LogP contribution in [0.15, 0.2) is 11.0 Å². The van der Waals surface area contributed by atoms with Crippen molar-refractivity contribution < 1.29 is 30.7 Å². The Labute approximate surface area is 118 Å². The first-order valence-electron chi connectivity index (χ1n) is 5.83. The Hall–Kier alpha value is -0.970. The molecule has 8 nitrogen and oxygen atoms in total. The Morgan fingerprint density at radius 2 is 1.70 bits per heavy atom. The van der Waals surface area contributed by atoms with Crippen LogP contribution < -0.4 is 5.32 Å². The van der Waals surface area contributed by atoms with E-state index in [1.807, 2.05) is 5.32 Å². The quantitative estimate of drug-likeness (QED) is 0.458. The minimum atomic E-state index is -4.52. The predicted octanol–water partition coefficient (Wildman–Crippen LogP) is 0.544. The van der Waals surface area contributed by atoms with Crippen molar-refractivity contribution in [1.29, 1.82) is 0 Å². The van der Waals surface area contributed by atoms with Gasteiger partial charge in [0.15, 0.2) is 5.37 Å². The van der Waals surface area contributed by atoms with Crippen LogP contribution in [0.25, 0.3) is 0 Å². The van der Waals surface area contributed by atoms with Crippen LogP contribution in [-0.2, 0) is 25.0 Å². The minimum Gasteiger partial charge on any atom is -0.334 e. The Kier molecular flexibility index (Phi) is 6.81. The fraction of sp³-hybridized carbons (Fsp3) is 0.700. The van der Waals surface area contributed by atoms with E-state index in [1.54, 1.807) is 6.92 Å². The molecule has 0 rings (SSSR count). The van der Waals surface area contributed by atoms with Gasteiger partial charge in [0, 0.05) is 5.57 Å². The summed E-state index contributed by atoms with van der Waals surface area (Å²) in [5, 5.41) is 0.853. The van der Waals surface area contributed by atoms with Gasteiger partial charge >= 0.3 is 0 Å². The lowest BCUT2D eigenvalue weighted by Crippen LogP contribution is -2.44. The highest BCUT2D eigenvalue weighted by molar-refractivity contribution is 7.88. The summed E-state index contributed by atoms with van der Waals surface area (Å²) in [6, 6.07) is 0. The highest BCUT2D eigenvalue weighted by Crippen LogP contribution is 2.12. The number of hydrogen-bond acceptors (Lipinski definition) is 5. The monoisotopic (exact) mass is 329 g/mol. The topological polar surface area (TPSA) is 138 Å². The van der Waals surface area contributed by atoms with Gasteiger partial charge in [0.25, 0.3) is 20.2 Å². The van der Waals surface area contributed by atoms with E-state index in [0.29, 0.717) is 11.8 Å². The molecule has 1 atom stereocenters. The number of rotatable bonds is 7. The molecule has 3 N–H and O–H groups in total. The predicted molar refractivity (Wildman–Crippen MR) is 72.9 cm³/mol. The average Bonchev–Trinajstić information content (AvgIpc) is 2.20. The third kappa shape index (κ3) is 6.98. The minimum absolute atomic E-state index is 0.0297. The molecule has 0 fully saturated rings. The van der Waals surface area contributed by atoms with Crippen molar-refractivity contribution in [3.63, 3.8) is 0 Å². The smallest absolute Gasteiger partial charge is 0.288 e. The van der Waals surface area contributed by atoms with Gasteiger partial charge in [-0.2, -0.15) is 16.8 Å². The lowest BCUT2D eigenvalue weighted by molar-refractivity contribution is -0.118. The highest BCUT2D eigenvalue weighted by Gasteiger charge is 2.29. The van der Waals surface area contributed by atoms with Crippen LogP contribution in [0.2, 0.25) is 0 Å². The first-order chi connectivity index (χ1) is 8.88. The normalized spacial score (nSPS) is 15.2. The van der Waals surface area contributed by atoms with Crippen molar-refractivity contribution in [3.8, 4) is 0 Å². The van der Waals surface area contributed by atoms with Gasteiger partial charge in [-0.1, -0.05) is 27.2 Å². The second-order valence-electron chi connectivity index (χ2n) is 4.56. The van der Waals surface area contributed by atoms with Crippen LogP contribution in [-0.4, -0.2) is 37.2 Å². The standard InChI is InChI=1S/C10H19NO7S2/c1-4-5-8(6-19(13,14)15)9(12)11-10(7(2)3)20(16,17)18/h6-7,10H,4-5H2,1-3H3,(H,11,12)(H,13,14,15)(H,16,17,18). The molecule has 0 aliphatic carbocycles. The molecule has 0 spiro atoms. The lowest BCUT2D eigenvalue weighted by Gasteiger charge is -2.19. The van der Waals surface area contributed by atoms with Gasteiger partial charge in [-0.3, -0.25) is 13.9 Å². The van der Waals surface area contributed by atoms with E-state index in [2.05, 4.69) is 0 Å². The van der Waals surface area contributed by atoms with Crippen LogP contribution in [0.1, 0.15) is 33.6 Å². The van der Waals surface area contributed by atoms with Crippen LogP contribution in [0.4, 0.5) is 0 Å². The molecule has 0 aromatic rings. The maximum absolute atomic E-state index is 11.8. The van der Waals surface area contributed by atoms with Gasteiger partial charge in [-0.15, -0.1) is 0 Å². The molecular weight excluding hydrogens is 310 g/mol. The number of carbonyl (C=O) groups is 1. The van der Waals surface area contributed by atoms with E-state index in [9.17, 15) is 21.6 Å². The summed E-state index contributed by atoms with van der Waals surface area (Å²) < 4.78 is 61.5. The number of amides is 1. The second-order valence-corrected chi connectivity index (χ2v) is 7.36. The summed E-state index contributed by atoms with van der Waals surface area (Å²) in [5.41, 5.74) is -0.288. The summed E-state index contributed by atoms with van der Waals surface area (Å²) in [6.07, 6.45) is 0.439. The summed E-state index contributed by atoms with van der Waals surface area (Å²) in [7, 11) is -9.04. The molecule has 0 heterocycles. The van der Waals surface area contributed by atoms with Crippen molar-refractivity contribution in [2.45, 2.75) is 39.0 Å². The molecule has 0 bridgehead atoms. The van der Waals surface area contributed by atoms with Gasteiger partial charge in [-0.05, 0) is 12.3 Å². The van der Waals surface area contributed by atoms with Gasteiger partial charge in [0.05, 0.1) is 5.41 Å². The molecule has 0 saturated carbocycles. The van der Waals surface area contributed by atoms with Crippen LogP contribution in [0.5, 0.6) is 0 Å². The van der Waals surface area contributed by atoms with Crippen molar-refractivity contribution in [2.24, 2.45) is 5.92 Å². The first-order valence-corrected chi connectivity index (χ1v) is 8.84. The molecule has 0 aliphatic rings. The first kappa shape index (κ1) is 19.0. The van der Waals surface area contributed by atoms with Gasteiger partial charge in [0.1, 0.15) is 0 Å². The van der Waals surface area contributed by atoms with Crippen molar-refractivity contribution in [2.75, 3.05) is 0 Å². The average molecular weight is 329 g/mol. The van der Waals surface area contributed by atoms with E-state index in [-0.39, 0.29) is 12.0 Å². The number of nitrogens with one attached hydrogen (secondary N) is 1. The number of carbonyl (C=O) groups excluding carboxylic acids is 1. The zero-order valence-electron chi connectivity index (χ0n) is 11.4. The van der Waals surface area contributed by atoms with Gasteiger partial charge in [-0.25, -0.2) is 0 Å². The molecule has 0 radical (unpaired) electrons. The lowest BCUT2D eigenvalue weighted by atomic mass is 10.1. The fourth-order valence-electron chi connectivity index (χ4n) is 1.48. The summed E-state index contributed by atoms with van der Waals surface area (Å²) >= 11 is 0. The third-order valence-corrected chi connectivity index (χ3v) is 4.19. The van der Waals surface area contributed by atoms with Crippen LogP contribution >= 0.6 is 0 Å². The zero-order valence-corrected chi connectivity index (χ0v) is 13.0.